The van der Waals surface area contributed by atoms with Gasteiger partial charge in [-0.2, -0.15) is 0 Å². The summed E-state index contributed by atoms with van der Waals surface area (Å²) < 4.78 is 5.14. The fourth-order valence-electron chi connectivity index (χ4n) is 3.42. The summed E-state index contributed by atoms with van der Waals surface area (Å²) >= 11 is 0. The molecule has 8 heteroatoms. The van der Waals surface area contributed by atoms with Crippen LogP contribution in [0.3, 0.4) is 0 Å². The van der Waals surface area contributed by atoms with Gasteiger partial charge in [0.2, 0.25) is 0 Å². The van der Waals surface area contributed by atoms with Crippen molar-refractivity contribution in [2.45, 2.75) is 13.0 Å². The first-order valence-electron chi connectivity index (χ1n) is 9.17. The number of urea groups is 1. The molecule has 1 aromatic carbocycles. The second-order valence-corrected chi connectivity index (χ2v) is 6.87. The molecule has 0 bridgehead atoms. The number of nitrogens with zero attached hydrogens (tertiary/aromatic N) is 5. The molecule has 0 radical (unpaired) electrons. The number of hydrogen-bond acceptors (Lipinski definition) is 6. The lowest BCUT2D eigenvalue weighted by atomic mass is 10.3. The van der Waals surface area contributed by atoms with Crippen LogP contribution in [0.5, 0.6) is 5.75 Å². The minimum absolute atomic E-state index is 0.0823. The number of amides is 2. The lowest BCUT2D eigenvalue weighted by Gasteiger charge is -2.36. The number of aliphatic imine (C=N–C) groups is 2. The predicted octanol–water partition coefficient (Wildman–Crippen LogP) is 1.83. The highest BCUT2D eigenvalue weighted by Gasteiger charge is 2.27. The van der Waals surface area contributed by atoms with Crippen LogP contribution in [0.2, 0.25) is 0 Å². The Labute approximate surface area is 158 Å². The third-order valence-electron chi connectivity index (χ3n) is 4.93. The molecule has 8 nitrogen and oxygen atoms in total. The number of methoxy groups -OCH3 is 1. The summed E-state index contributed by atoms with van der Waals surface area (Å²) in [6, 6.07) is 7.56. The Hall–Kier alpha value is -3.03. The maximum Gasteiger partial charge on any atom is 0.321 e. The van der Waals surface area contributed by atoms with Crippen LogP contribution in [0, 0.1) is 0 Å². The van der Waals surface area contributed by atoms with Crippen LogP contribution >= 0.6 is 0 Å². The van der Waals surface area contributed by atoms with Crippen molar-refractivity contribution in [3.8, 4) is 5.75 Å². The highest BCUT2D eigenvalue weighted by atomic mass is 16.5. The summed E-state index contributed by atoms with van der Waals surface area (Å²) in [4.78, 5) is 27.8. The van der Waals surface area contributed by atoms with Crippen LogP contribution in [-0.2, 0) is 0 Å². The molecular weight excluding hydrogens is 344 g/mol. The van der Waals surface area contributed by atoms with Gasteiger partial charge < -0.3 is 24.8 Å². The molecule has 4 rings (SSSR count). The van der Waals surface area contributed by atoms with E-state index in [2.05, 4.69) is 32.0 Å². The van der Waals surface area contributed by atoms with Crippen molar-refractivity contribution in [2.75, 3.05) is 45.2 Å². The molecule has 0 spiro atoms. The number of rotatable bonds is 3. The Bertz CT molecular complexity index is 793. The second-order valence-electron chi connectivity index (χ2n) is 6.87. The first kappa shape index (κ1) is 17.4. The van der Waals surface area contributed by atoms with Crippen LogP contribution in [0.15, 0.2) is 46.1 Å². The number of carbonyl (C=O) groups excluding carboxylic acids is 1. The van der Waals surface area contributed by atoms with Crippen molar-refractivity contribution in [1.29, 1.82) is 0 Å². The van der Waals surface area contributed by atoms with E-state index in [9.17, 15) is 4.79 Å². The molecule has 0 aromatic heterocycles. The molecule has 0 aliphatic carbocycles. The molecule has 1 N–H and O–H groups in total. The van der Waals surface area contributed by atoms with Gasteiger partial charge in [-0.1, -0.05) is 0 Å². The topological polar surface area (TPSA) is 72.8 Å². The quantitative estimate of drug-likeness (QED) is 0.884. The number of ether oxygens (including phenoxy) is 1. The fraction of sp³-hybridized carbons (Fsp3) is 0.421. The molecule has 0 unspecified atom stereocenters. The summed E-state index contributed by atoms with van der Waals surface area (Å²) in [5.41, 5.74) is 0.760. The second kappa shape index (κ2) is 7.30. The number of piperazine rings is 1. The zero-order valence-electron chi connectivity index (χ0n) is 15.6. The molecule has 27 heavy (non-hydrogen) atoms. The number of hydrogen-bond donors (Lipinski definition) is 1. The summed E-state index contributed by atoms with van der Waals surface area (Å²) in [6.45, 7) is 5.81. The minimum Gasteiger partial charge on any atom is -0.497 e. The van der Waals surface area contributed by atoms with Crippen LogP contribution in [-0.4, -0.2) is 78.8 Å². The molecule has 0 saturated carbocycles. The average Bonchev–Trinajstić information content (AvgIpc) is 3.08. The van der Waals surface area contributed by atoms with Crippen molar-refractivity contribution >= 4 is 23.9 Å². The van der Waals surface area contributed by atoms with Gasteiger partial charge in [0.15, 0.2) is 0 Å². The fourth-order valence-corrected chi connectivity index (χ4v) is 3.42. The van der Waals surface area contributed by atoms with E-state index in [4.69, 9.17) is 4.74 Å². The van der Waals surface area contributed by atoms with Crippen LogP contribution in [0.1, 0.15) is 6.92 Å². The van der Waals surface area contributed by atoms with Gasteiger partial charge >= 0.3 is 6.03 Å². The van der Waals surface area contributed by atoms with Gasteiger partial charge in [0, 0.05) is 44.5 Å². The number of carbonyl (C=O) groups is 1. The van der Waals surface area contributed by atoms with E-state index >= 15 is 0 Å². The van der Waals surface area contributed by atoms with Crippen molar-refractivity contribution in [1.82, 2.24) is 14.7 Å². The zero-order chi connectivity index (χ0) is 18.8. The average molecular weight is 368 g/mol. The van der Waals surface area contributed by atoms with Gasteiger partial charge in [0.25, 0.3) is 0 Å². The molecule has 3 aliphatic rings. The van der Waals surface area contributed by atoms with Crippen molar-refractivity contribution in [3.63, 3.8) is 0 Å². The summed E-state index contributed by atoms with van der Waals surface area (Å²) in [5, 5.41) is 2.94. The molecule has 1 aromatic rings. The van der Waals surface area contributed by atoms with Crippen LogP contribution < -0.4 is 10.1 Å². The maximum atomic E-state index is 12.5. The standard InChI is InChI=1S/C19H24N6O2/c1-14-12-25-13-20-17(11-18(25)21-14)23-7-9-24(10-8-23)19(26)22-15-3-5-16(27-2)6-4-15/h3-6,11,13-14H,7-10,12H2,1-2H3,(H,22,26)/t14-/m0/s1. The third kappa shape index (κ3) is 3.74. The Balaban J connectivity index is 1.32. The molecule has 1 atom stereocenters. The highest BCUT2D eigenvalue weighted by Crippen LogP contribution is 2.19. The number of anilines is 1. The molecule has 1 fully saturated rings. The van der Waals surface area contributed by atoms with E-state index in [0.717, 1.165) is 42.7 Å². The summed E-state index contributed by atoms with van der Waals surface area (Å²) in [5.74, 6) is 2.67. The Morgan fingerprint density at radius 2 is 1.93 bits per heavy atom. The van der Waals surface area contributed by atoms with Crippen molar-refractivity contribution in [3.05, 3.63) is 36.2 Å². The molecular formula is C19H24N6O2. The third-order valence-corrected chi connectivity index (χ3v) is 4.93. The SMILES string of the molecule is COc1ccc(NC(=O)N2CCN(C3=CC4=N[C@@H](C)CN4C=N3)CC2)cc1. The molecule has 142 valence electrons. The van der Waals surface area contributed by atoms with Gasteiger partial charge in [-0.15, -0.1) is 0 Å². The van der Waals surface area contributed by atoms with Gasteiger partial charge in [-0.05, 0) is 31.2 Å². The Kier molecular flexibility index (Phi) is 4.70. The van der Waals surface area contributed by atoms with Gasteiger partial charge in [-0.3, -0.25) is 4.99 Å². The highest BCUT2D eigenvalue weighted by molar-refractivity contribution is 6.03. The summed E-state index contributed by atoms with van der Waals surface area (Å²) in [6.07, 6.45) is 3.90. The Morgan fingerprint density at radius 1 is 1.19 bits per heavy atom. The van der Waals surface area contributed by atoms with Crippen molar-refractivity contribution < 1.29 is 9.53 Å². The monoisotopic (exact) mass is 368 g/mol. The molecule has 3 heterocycles. The van der Waals surface area contributed by atoms with E-state index in [1.54, 1.807) is 7.11 Å². The van der Waals surface area contributed by atoms with Gasteiger partial charge in [-0.25, -0.2) is 9.79 Å². The van der Waals surface area contributed by atoms with E-state index in [-0.39, 0.29) is 6.03 Å². The molecule has 2 amide bonds. The maximum absolute atomic E-state index is 12.5. The van der Waals surface area contributed by atoms with E-state index in [1.807, 2.05) is 41.6 Å². The molecule has 3 aliphatic heterocycles. The number of fused-ring (bicyclic) bond motifs is 1. The lowest BCUT2D eigenvalue weighted by molar-refractivity contribution is 0.167. The largest absolute Gasteiger partial charge is 0.497 e. The zero-order valence-corrected chi connectivity index (χ0v) is 15.6. The number of nitrogens with one attached hydrogen (secondary N) is 1. The van der Waals surface area contributed by atoms with E-state index in [1.165, 1.54) is 0 Å². The smallest absolute Gasteiger partial charge is 0.321 e. The lowest BCUT2D eigenvalue weighted by Crippen LogP contribution is -2.49. The predicted molar refractivity (Wildman–Crippen MR) is 105 cm³/mol. The van der Waals surface area contributed by atoms with E-state index in [0.29, 0.717) is 19.1 Å². The van der Waals surface area contributed by atoms with Crippen molar-refractivity contribution in [2.24, 2.45) is 9.98 Å². The number of benzene rings is 1. The van der Waals surface area contributed by atoms with E-state index < -0.39 is 0 Å². The minimum atomic E-state index is -0.0823. The van der Waals surface area contributed by atoms with Gasteiger partial charge in [0.05, 0.1) is 19.5 Å². The first-order chi connectivity index (χ1) is 13.1. The number of amidine groups is 1. The van der Waals surface area contributed by atoms with Gasteiger partial charge in [0.1, 0.15) is 17.4 Å². The normalized spacial score (nSPS) is 21.6. The molecule has 1 saturated heterocycles. The summed E-state index contributed by atoms with van der Waals surface area (Å²) in [7, 11) is 1.62. The van der Waals surface area contributed by atoms with Crippen LogP contribution in [0.25, 0.3) is 0 Å². The first-order valence-corrected chi connectivity index (χ1v) is 9.17. The van der Waals surface area contributed by atoms with Crippen LogP contribution in [0.4, 0.5) is 10.5 Å². The Morgan fingerprint density at radius 3 is 2.63 bits per heavy atom.